The molecule has 4 unspecified atom stereocenters. The molecule has 3 saturated heterocycles. The molecule has 2 bridgehead atoms. The number of non-ortho nitro benzene ring substituents is 1. The molecule has 5 atom stereocenters. The Morgan fingerprint density at radius 3 is 2.79 bits per heavy atom. The molecular weight excluding hydrogens is 430 g/mol. The number of nitrogens with zero attached hydrogens (tertiary/aromatic N) is 3. The number of ether oxygens (including phenoxy) is 1. The molecular formula is C27H30N3O4+. The van der Waals surface area contributed by atoms with Crippen molar-refractivity contribution in [3.05, 3.63) is 88.6 Å². The fraction of sp³-hybridized carbons (Fsp3) is 0.370. The minimum atomic E-state index is -0.663. The molecule has 0 saturated carbocycles. The number of aliphatic hydroxyl groups excluding tert-OH is 1. The van der Waals surface area contributed by atoms with E-state index in [1.54, 1.807) is 25.4 Å². The Hall–Kier alpha value is -3.29. The molecule has 2 aromatic carbocycles. The first-order valence-corrected chi connectivity index (χ1v) is 11.8. The maximum atomic E-state index is 11.8. The molecule has 34 heavy (non-hydrogen) atoms. The van der Waals surface area contributed by atoms with Gasteiger partial charge in [-0.1, -0.05) is 6.08 Å². The lowest BCUT2D eigenvalue weighted by Crippen LogP contribution is -2.67. The number of hydrogen-bond acceptors (Lipinski definition) is 5. The zero-order valence-corrected chi connectivity index (χ0v) is 19.3. The number of hydrogen-bond donors (Lipinski definition) is 1. The average molecular weight is 461 g/mol. The van der Waals surface area contributed by atoms with Crippen molar-refractivity contribution >= 4 is 16.6 Å². The van der Waals surface area contributed by atoms with Crippen LogP contribution in [0.2, 0.25) is 0 Å². The van der Waals surface area contributed by atoms with E-state index in [9.17, 15) is 15.2 Å². The van der Waals surface area contributed by atoms with Gasteiger partial charge in [-0.3, -0.25) is 15.1 Å². The van der Waals surface area contributed by atoms with Crippen molar-refractivity contribution in [2.75, 3.05) is 20.2 Å². The molecule has 3 aliphatic heterocycles. The van der Waals surface area contributed by atoms with E-state index in [2.05, 4.69) is 17.6 Å². The number of aliphatic hydroxyl groups is 1. The van der Waals surface area contributed by atoms with Gasteiger partial charge in [0.25, 0.3) is 5.69 Å². The lowest BCUT2D eigenvalue weighted by molar-refractivity contribution is -0.984. The molecule has 4 heterocycles. The summed E-state index contributed by atoms with van der Waals surface area (Å²) in [5, 5.41) is 23.9. The number of benzene rings is 2. The predicted octanol–water partition coefficient (Wildman–Crippen LogP) is 4.80. The van der Waals surface area contributed by atoms with Crippen molar-refractivity contribution in [2.24, 2.45) is 11.8 Å². The summed E-state index contributed by atoms with van der Waals surface area (Å²) in [6.45, 7) is 6.70. The molecule has 1 aromatic heterocycles. The third-order valence-electron chi connectivity index (χ3n) is 7.99. The van der Waals surface area contributed by atoms with Crippen molar-refractivity contribution in [3.8, 4) is 5.75 Å². The predicted molar refractivity (Wildman–Crippen MR) is 130 cm³/mol. The van der Waals surface area contributed by atoms with Crippen molar-refractivity contribution in [1.29, 1.82) is 0 Å². The molecule has 0 aliphatic carbocycles. The molecule has 3 aromatic rings. The van der Waals surface area contributed by atoms with Crippen LogP contribution in [0.15, 0.2) is 67.4 Å². The van der Waals surface area contributed by atoms with Gasteiger partial charge < -0.3 is 14.3 Å². The van der Waals surface area contributed by atoms with Crippen molar-refractivity contribution in [3.63, 3.8) is 0 Å². The van der Waals surface area contributed by atoms with Gasteiger partial charge in [0.1, 0.15) is 24.4 Å². The van der Waals surface area contributed by atoms with Gasteiger partial charge >= 0.3 is 0 Å². The summed E-state index contributed by atoms with van der Waals surface area (Å²) in [7, 11) is 1.64. The second-order valence-electron chi connectivity index (χ2n) is 9.69. The summed E-state index contributed by atoms with van der Waals surface area (Å²) >= 11 is 0. The molecule has 3 fully saturated rings. The summed E-state index contributed by atoms with van der Waals surface area (Å²) < 4.78 is 6.18. The summed E-state index contributed by atoms with van der Waals surface area (Å²) in [6.07, 6.45) is 5.18. The molecule has 1 N–H and O–H groups in total. The van der Waals surface area contributed by atoms with Crippen molar-refractivity contribution < 1.29 is 19.2 Å². The van der Waals surface area contributed by atoms with Gasteiger partial charge in [-0.2, -0.15) is 0 Å². The third-order valence-corrected chi connectivity index (χ3v) is 7.99. The Bertz CT molecular complexity index is 1230. The summed E-state index contributed by atoms with van der Waals surface area (Å²) in [6, 6.07) is 14.5. The molecule has 7 heteroatoms. The lowest BCUT2D eigenvalue weighted by Gasteiger charge is -2.58. The quantitative estimate of drug-likeness (QED) is 0.237. The van der Waals surface area contributed by atoms with E-state index < -0.39 is 6.10 Å². The van der Waals surface area contributed by atoms with Gasteiger partial charge in [-0.05, 0) is 47.9 Å². The van der Waals surface area contributed by atoms with Crippen LogP contribution in [-0.4, -0.2) is 45.7 Å². The number of methoxy groups -OCH3 is 1. The fourth-order valence-electron chi connectivity index (χ4n) is 6.21. The number of piperidine rings is 3. The first kappa shape index (κ1) is 22.5. The van der Waals surface area contributed by atoms with E-state index >= 15 is 0 Å². The molecule has 7 nitrogen and oxygen atoms in total. The van der Waals surface area contributed by atoms with Gasteiger partial charge in [0.05, 0.1) is 30.6 Å². The van der Waals surface area contributed by atoms with Crippen molar-refractivity contribution in [1.82, 2.24) is 4.98 Å². The van der Waals surface area contributed by atoms with Crippen LogP contribution in [0.5, 0.6) is 5.75 Å². The average Bonchev–Trinajstić information content (AvgIpc) is 2.87. The Morgan fingerprint density at radius 1 is 1.29 bits per heavy atom. The van der Waals surface area contributed by atoms with E-state index in [0.717, 1.165) is 64.7 Å². The maximum absolute atomic E-state index is 11.8. The number of nitro benzene ring substituents is 1. The van der Waals surface area contributed by atoms with Gasteiger partial charge in [-0.15, -0.1) is 6.58 Å². The first-order valence-electron chi connectivity index (χ1n) is 11.8. The van der Waals surface area contributed by atoms with E-state index in [1.807, 2.05) is 36.4 Å². The number of pyridine rings is 1. The second kappa shape index (κ2) is 8.81. The van der Waals surface area contributed by atoms with Crippen LogP contribution >= 0.6 is 0 Å². The van der Waals surface area contributed by atoms with Crippen LogP contribution in [-0.2, 0) is 6.54 Å². The van der Waals surface area contributed by atoms with Crippen molar-refractivity contribution in [2.45, 2.75) is 31.5 Å². The number of rotatable bonds is 7. The van der Waals surface area contributed by atoms with Crippen LogP contribution in [0.4, 0.5) is 5.69 Å². The molecule has 0 radical (unpaired) electrons. The molecule has 6 rings (SSSR count). The van der Waals surface area contributed by atoms with Crippen LogP contribution in [0.3, 0.4) is 0 Å². The SMILES string of the molecule is C=CC1C[N+]2(Cc3ccc([N+](=O)[O-])cc3)CCC1CC2[C@H](O)c1ccnc2ccc(OC)cc12. The highest BCUT2D eigenvalue weighted by Gasteiger charge is 2.54. The molecule has 0 spiro atoms. The Morgan fingerprint density at radius 2 is 2.09 bits per heavy atom. The molecule has 0 amide bonds. The first-order chi connectivity index (χ1) is 16.4. The van der Waals surface area contributed by atoms with Gasteiger partial charge in [0.2, 0.25) is 0 Å². The minimum Gasteiger partial charge on any atom is -0.497 e. The Balaban J connectivity index is 1.53. The van der Waals surface area contributed by atoms with Gasteiger partial charge in [0.15, 0.2) is 0 Å². The number of aromatic nitrogens is 1. The zero-order valence-electron chi connectivity index (χ0n) is 19.3. The van der Waals surface area contributed by atoms with Gasteiger partial charge in [0, 0.05) is 48.0 Å². The number of quaternary nitrogens is 1. The standard InChI is InChI=1S/C27H30N3O4/c1-3-19-17-30(16-18-4-6-21(7-5-18)29(32)33)13-11-20(19)14-26(30)27(31)23-10-12-28-25-9-8-22(34-2)15-24(23)25/h3-10,12,15,19-20,26-27,31H,1,11,13-14,16-17H2,2H3/q+1/t19?,20?,26?,27-,30?/m1/s1. The largest absolute Gasteiger partial charge is 0.497 e. The Labute approximate surface area is 199 Å². The Kier molecular flexibility index (Phi) is 5.83. The van der Waals surface area contributed by atoms with E-state index in [-0.39, 0.29) is 16.7 Å². The topological polar surface area (TPSA) is 85.5 Å². The minimum absolute atomic E-state index is 0.0157. The van der Waals surface area contributed by atoms with E-state index in [4.69, 9.17) is 4.74 Å². The second-order valence-corrected chi connectivity index (χ2v) is 9.69. The smallest absolute Gasteiger partial charge is 0.269 e. The highest BCUT2D eigenvalue weighted by molar-refractivity contribution is 5.83. The fourth-order valence-corrected chi connectivity index (χ4v) is 6.21. The van der Waals surface area contributed by atoms with E-state index in [0.29, 0.717) is 11.8 Å². The van der Waals surface area contributed by atoms with Crippen LogP contribution in [0, 0.1) is 22.0 Å². The number of fused-ring (bicyclic) bond motifs is 4. The normalized spacial score (nSPS) is 26.8. The van der Waals surface area contributed by atoms with Crippen LogP contribution in [0.1, 0.15) is 30.1 Å². The summed E-state index contributed by atoms with van der Waals surface area (Å²) in [5.41, 5.74) is 2.85. The highest BCUT2D eigenvalue weighted by atomic mass is 16.6. The monoisotopic (exact) mass is 460 g/mol. The third kappa shape index (κ3) is 3.85. The summed E-state index contributed by atoms with van der Waals surface area (Å²) in [4.78, 5) is 15.2. The lowest BCUT2D eigenvalue weighted by atomic mass is 9.71. The highest BCUT2D eigenvalue weighted by Crippen LogP contribution is 2.48. The van der Waals surface area contributed by atoms with Gasteiger partial charge in [-0.25, -0.2) is 0 Å². The maximum Gasteiger partial charge on any atom is 0.269 e. The number of nitro groups is 1. The van der Waals surface area contributed by atoms with Crippen LogP contribution in [0.25, 0.3) is 10.9 Å². The van der Waals surface area contributed by atoms with Crippen LogP contribution < -0.4 is 4.74 Å². The summed E-state index contributed by atoms with van der Waals surface area (Å²) in [5.74, 6) is 1.65. The molecule has 176 valence electrons. The zero-order chi connectivity index (χ0) is 23.9. The molecule has 3 aliphatic rings. The van der Waals surface area contributed by atoms with E-state index in [1.165, 1.54) is 0 Å².